The summed E-state index contributed by atoms with van der Waals surface area (Å²) in [6.07, 6.45) is 0. The normalized spacial score (nSPS) is 10.4. The summed E-state index contributed by atoms with van der Waals surface area (Å²) in [5.74, 6) is -0.145. The van der Waals surface area contributed by atoms with Gasteiger partial charge in [-0.15, -0.1) is 0 Å². The number of nitrogens with zero attached hydrogens (tertiary/aromatic N) is 1. The van der Waals surface area contributed by atoms with E-state index in [1.165, 1.54) is 6.07 Å². The third-order valence-electron chi connectivity index (χ3n) is 3.41. The first kappa shape index (κ1) is 18.4. The highest BCUT2D eigenvalue weighted by atomic mass is 19.1. The van der Waals surface area contributed by atoms with Crippen molar-refractivity contribution in [2.75, 3.05) is 26.0 Å². The lowest BCUT2D eigenvalue weighted by Gasteiger charge is -2.16. The topological polar surface area (TPSA) is 70.7 Å². The second-order valence-corrected chi connectivity index (χ2v) is 5.49. The van der Waals surface area contributed by atoms with Gasteiger partial charge in [-0.3, -0.25) is 15.0 Å². The number of urea groups is 1. The van der Waals surface area contributed by atoms with E-state index >= 15 is 0 Å². The Bertz CT molecular complexity index is 735. The quantitative estimate of drug-likeness (QED) is 0.844. The third-order valence-corrected chi connectivity index (χ3v) is 3.41. The highest BCUT2D eigenvalue weighted by Gasteiger charge is 2.12. The first-order chi connectivity index (χ1) is 12.0. The van der Waals surface area contributed by atoms with Crippen molar-refractivity contribution in [2.45, 2.75) is 6.54 Å². The summed E-state index contributed by atoms with van der Waals surface area (Å²) in [5.41, 5.74) is 1.02. The fraction of sp³-hybridized carbons (Fsp3) is 0.222. The first-order valence-electron chi connectivity index (χ1n) is 7.65. The number of benzene rings is 2. The van der Waals surface area contributed by atoms with Crippen LogP contribution in [0.5, 0.6) is 5.75 Å². The van der Waals surface area contributed by atoms with Gasteiger partial charge in [0.1, 0.15) is 11.6 Å². The number of anilines is 1. The lowest BCUT2D eigenvalue weighted by molar-refractivity contribution is -0.120. The summed E-state index contributed by atoms with van der Waals surface area (Å²) >= 11 is 0. The molecule has 0 aliphatic rings. The number of carbonyl (C=O) groups is 2. The summed E-state index contributed by atoms with van der Waals surface area (Å²) in [4.78, 5) is 25.3. The fourth-order valence-electron chi connectivity index (χ4n) is 2.22. The first-order valence-corrected chi connectivity index (χ1v) is 7.65. The van der Waals surface area contributed by atoms with Crippen LogP contribution in [0.25, 0.3) is 0 Å². The molecule has 0 radical (unpaired) electrons. The largest absolute Gasteiger partial charge is 0.497 e. The molecule has 0 saturated heterocycles. The van der Waals surface area contributed by atoms with Crippen molar-refractivity contribution in [3.63, 3.8) is 0 Å². The molecule has 0 saturated carbocycles. The van der Waals surface area contributed by atoms with Crippen LogP contribution in [-0.2, 0) is 11.3 Å². The van der Waals surface area contributed by atoms with Crippen molar-refractivity contribution in [1.29, 1.82) is 0 Å². The lowest BCUT2D eigenvalue weighted by Crippen LogP contribution is -2.40. The van der Waals surface area contributed by atoms with E-state index < -0.39 is 11.9 Å². The van der Waals surface area contributed by atoms with Gasteiger partial charge in [-0.2, -0.15) is 0 Å². The zero-order chi connectivity index (χ0) is 18.2. The Morgan fingerprint density at radius 3 is 2.44 bits per heavy atom. The highest BCUT2D eigenvalue weighted by molar-refractivity contribution is 6.01. The minimum absolute atomic E-state index is 0.0373. The van der Waals surface area contributed by atoms with Crippen LogP contribution in [-0.4, -0.2) is 37.5 Å². The van der Waals surface area contributed by atoms with Crippen LogP contribution in [0, 0.1) is 5.82 Å². The minimum atomic E-state index is -0.630. The molecule has 2 aromatic rings. The zero-order valence-corrected chi connectivity index (χ0v) is 14.1. The Kier molecular flexibility index (Phi) is 6.47. The van der Waals surface area contributed by atoms with Gasteiger partial charge in [0.05, 0.1) is 13.7 Å². The number of imide groups is 1. The molecule has 0 fully saturated rings. The van der Waals surface area contributed by atoms with Gasteiger partial charge < -0.3 is 10.1 Å². The summed E-state index contributed by atoms with van der Waals surface area (Å²) < 4.78 is 18.6. The molecule has 2 aromatic carbocycles. The van der Waals surface area contributed by atoms with Crippen LogP contribution >= 0.6 is 0 Å². The smallest absolute Gasteiger partial charge is 0.325 e. The lowest BCUT2D eigenvalue weighted by atomic mass is 10.2. The van der Waals surface area contributed by atoms with Gasteiger partial charge in [0.15, 0.2) is 0 Å². The molecule has 0 aliphatic carbocycles. The molecule has 2 N–H and O–H groups in total. The van der Waals surface area contributed by atoms with Gasteiger partial charge in [-0.25, -0.2) is 9.18 Å². The number of halogens is 1. The summed E-state index contributed by atoms with van der Waals surface area (Å²) in [6.45, 7) is 0.227. The second-order valence-electron chi connectivity index (χ2n) is 5.49. The number of rotatable bonds is 6. The standard InChI is InChI=1S/C18H20FN3O3/c1-22(11-13-5-3-4-6-16(13)19)12-17(23)21-18(24)20-14-7-9-15(25-2)10-8-14/h3-10H,11-12H2,1-2H3,(H2,20,21,23,24). The number of hydrogen-bond acceptors (Lipinski definition) is 4. The van der Waals surface area contributed by atoms with Crippen LogP contribution in [0.1, 0.15) is 5.56 Å². The number of ether oxygens (including phenoxy) is 1. The molecular formula is C18H20FN3O3. The molecule has 0 atom stereocenters. The van der Waals surface area contributed by atoms with Gasteiger partial charge >= 0.3 is 6.03 Å². The average Bonchev–Trinajstić information content (AvgIpc) is 2.57. The van der Waals surface area contributed by atoms with Crippen molar-refractivity contribution >= 4 is 17.6 Å². The van der Waals surface area contributed by atoms with Crippen LogP contribution < -0.4 is 15.4 Å². The number of methoxy groups -OCH3 is 1. The Balaban J connectivity index is 1.80. The Labute approximate surface area is 145 Å². The van der Waals surface area contributed by atoms with E-state index in [0.29, 0.717) is 17.0 Å². The average molecular weight is 345 g/mol. The van der Waals surface area contributed by atoms with Crippen LogP contribution in [0.2, 0.25) is 0 Å². The van der Waals surface area contributed by atoms with E-state index in [9.17, 15) is 14.0 Å². The summed E-state index contributed by atoms with van der Waals surface area (Å²) in [7, 11) is 3.22. The zero-order valence-electron chi connectivity index (χ0n) is 14.1. The van der Waals surface area contributed by atoms with Crippen molar-refractivity contribution < 1.29 is 18.7 Å². The van der Waals surface area contributed by atoms with E-state index in [-0.39, 0.29) is 18.9 Å². The predicted molar refractivity (Wildman–Crippen MR) is 92.9 cm³/mol. The Morgan fingerprint density at radius 2 is 1.80 bits per heavy atom. The second kappa shape index (κ2) is 8.79. The van der Waals surface area contributed by atoms with Gasteiger partial charge in [-0.1, -0.05) is 18.2 Å². The van der Waals surface area contributed by atoms with E-state index in [2.05, 4.69) is 10.6 Å². The number of carbonyl (C=O) groups excluding carboxylic acids is 2. The number of likely N-dealkylation sites (N-methyl/N-ethyl adjacent to an activating group) is 1. The van der Waals surface area contributed by atoms with Gasteiger partial charge in [-0.05, 0) is 37.4 Å². The molecule has 132 valence electrons. The molecule has 0 aromatic heterocycles. The molecule has 0 heterocycles. The van der Waals surface area contributed by atoms with E-state index in [4.69, 9.17) is 4.74 Å². The Morgan fingerprint density at radius 1 is 1.12 bits per heavy atom. The molecule has 0 unspecified atom stereocenters. The maximum atomic E-state index is 13.6. The molecule has 6 nitrogen and oxygen atoms in total. The molecule has 25 heavy (non-hydrogen) atoms. The van der Waals surface area contributed by atoms with Gasteiger partial charge in [0.25, 0.3) is 0 Å². The maximum absolute atomic E-state index is 13.6. The molecule has 0 spiro atoms. The van der Waals surface area contributed by atoms with Crippen LogP contribution in [0.4, 0.5) is 14.9 Å². The highest BCUT2D eigenvalue weighted by Crippen LogP contribution is 2.14. The van der Waals surface area contributed by atoms with Crippen molar-refractivity contribution in [3.8, 4) is 5.75 Å². The summed E-state index contributed by atoms with van der Waals surface area (Å²) in [5, 5.41) is 4.78. The van der Waals surface area contributed by atoms with Gasteiger partial charge in [0.2, 0.25) is 5.91 Å². The van der Waals surface area contributed by atoms with Crippen molar-refractivity contribution in [3.05, 3.63) is 59.9 Å². The van der Waals surface area contributed by atoms with Crippen LogP contribution in [0.3, 0.4) is 0 Å². The number of nitrogens with one attached hydrogen (secondary N) is 2. The number of amides is 3. The van der Waals surface area contributed by atoms with Crippen LogP contribution in [0.15, 0.2) is 48.5 Å². The van der Waals surface area contributed by atoms with Crippen molar-refractivity contribution in [2.24, 2.45) is 0 Å². The SMILES string of the molecule is COc1ccc(NC(=O)NC(=O)CN(C)Cc2ccccc2F)cc1. The predicted octanol–water partition coefficient (Wildman–Crippen LogP) is 2.61. The molecule has 3 amide bonds. The molecule has 0 aliphatic heterocycles. The molecule has 2 rings (SSSR count). The van der Waals surface area contributed by atoms with Gasteiger partial charge in [0, 0.05) is 17.8 Å². The third kappa shape index (κ3) is 5.89. The molecular weight excluding hydrogens is 325 g/mol. The van der Waals surface area contributed by atoms with E-state index in [0.717, 1.165) is 0 Å². The minimum Gasteiger partial charge on any atom is -0.497 e. The number of hydrogen-bond donors (Lipinski definition) is 2. The molecule has 0 bridgehead atoms. The Hall–Kier alpha value is -2.93. The van der Waals surface area contributed by atoms with Crippen molar-refractivity contribution in [1.82, 2.24) is 10.2 Å². The molecule has 7 heteroatoms. The van der Waals surface area contributed by atoms with E-state index in [1.807, 2.05) is 0 Å². The maximum Gasteiger partial charge on any atom is 0.325 e. The van der Waals surface area contributed by atoms with E-state index in [1.54, 1.807) is 61.5 Å². The summed E-state index contributed by atoms with van der Waals surface area (Å²) in [6, 6.07) is 12.4. The fourth-order valence-corrected chi connectivity index (χ4v) is 2.22. The monoisotopic (exact) mass is 345 g/mol.